The van der Waals surface area contributed by atoms with Crippen molar-refractivity contribution in [3.8, 4) is 0 Å². The van der Waals surface area contributed by atoms with Crippen LogP contribution in [-0.2, 0) is 21.2 Å². The molecular weight excluding hydrogens is 420 g/mol. The summed E-state index contributed by atoms with van der Waals surface area (Å²) in [6.07, 6.45) is 1.97. The molecule has 0 aliphatic heterocycles. The van der Waals surface area contributed by atoms with Crippen molar-refractivity contribution < 1.29 is 13.2 Å². The Kier molecular flexibility index (Phi) is 7.24. The van der Waals surface area contributed by atoms with Gasteiger partial charge in [-0.05, 0) is 60.6 Å². The van der Waals surface area contributed by atoms with Crippen LogP contribution in [0.25, 0.3) is 10.8 Å². The first-order chi connectivity index (χ1) is 15.1. The van der Waals surface area contributed by atoms with Crippen LogP contribution < -0.4 is 9.62 Å². The van der Waals surface area contributed by atoms with E-state index in [0.717, 1.165) is 29.4 Å². The maximum Gasteiger partial charge on any atom is 0.240 e. The summed E-state index contributed by atoms with van der Waals surface area (Å²) < 4.78 is 26.2. The molecular formula is C26H32N2O3S. The van der Waals surface area contributed by atoms with Gasteiger partial charge in [0.2, 0.25) is 15.9 Å². The fraction of sp³-hybridized carbons (Fsp3) is 0.346. The summed E-state index contributed by atoms with van der Waals surface area (Å²) in [5, 5.41) is 5.35. The van der Waals surface area contributed by atoms with E-state index >= 15 is 0 Å². The molecule has 0 aliphatic rings. The van der Waals surface area contributed by atoms with Gasteiger partial charge < -0.3 is 5.32 Å². The smallest absolute Gasteiger partial charge is 0.240 e. The summed E-state index contributed by atoms with van der Waals surface area (Å²) in [4.78, 5) is 12.7. The maximum absolute atomic E-state index is 12.7. The molecule has 0 radical (unpaired) electrons. The van der Waals surface area contributed by atoms with E-state index in [1.54, 1.807) is 0 Å². The lowest BCUT2D eigenvalue weighted by molar-refractivity contribution is -0.119. The van der Waals surface area contributed by atoms with Crippen LogP contribution >= 0.6 is 0 Å². The van der Waals surface area contributed by atoms with Gasteiger partial charge >= 0.3 is 0 Å². The Morgan fingerprint density at radius 1 is 1.00 bits per heavy atom. The van der Waals surface area contributed by atoms with E-state index in [-0.39, 0.29) is 18.4 Å². The predicted molar refractivity (Wildman–Crippen MR) is 133 cm³/mol. The Hall–Kier alpha value is -2.86. The van der Waals surface area contributed by atoms with Crippen molar-refractivity contribution in [3.63, 3.8) is 0 Å². The monoisotopic (exact) mass is 452 g/mol. The lowest BCUT2D eigenvalue weighted by atomic mass is 9.96. The normalized spacial score (nSPS) is 12.5. The topological polar surface area (TPSA) is 66.5 Å². The van der Waals surface area contributed by atoms with Gasteiger partial charge in [0.05, 0.1) is 11.9 Å². The number of nitrogens with zero attached hydrogens (tertiary/aromatic N) is 1. The molecule has 0 spiro atoms. The Bertz CT molecular complexity index is 1210. The molecule has 0 saturated heterocycles. The molecule has 3 rings (SSSR count). The molecule has 3 aromatic carbocycles. The molecule has 32 heavy (non-hydrogen) atoms. The summed E-state index contributed by atoms with van der Waals surface area (Å²) >= 11 is 0. The number of anilines is 1. The van der Waals surface area contributed by atoms with Gasteiger partial charge in [-0.3, -0.25) is 9.10 Å². The first-order valence-electron chi connectivity index (χ1n) is 10.8. The van der Waals surface area contributed by atoms with Gasteiger partial charge in [0.1, 0.15) is 6.54 Å². The number of hydrogen-bond acceptors (Lipinski definition) is 3. The molecule has 1 N–H and O–H groups in total. The number of aryl methyl sites for hydroxylation is 3. The molecule has 1 amide bonds. The Balaban J connectivity index is 1.68. The molecule has 170 valence electrons. The number of carbonyl (C=O) groups excluding carboxylic acids is 1. The largest absolute Gasteiger partial charge is 0.354 e. The van der Waals surface area contributed by atoms with Gasteiger partial charge in [0, 0.05) is 6.54 Å². The number of carbonyl (C=O) groups is 1. The van der Waals surface area contributed by atoms with Gasteiger partial charge in [0.15, 0.2) is 0 Å². The molecule has 0 heterocycles. The Morgan fingerprint density at radius 2 is 1.62 bits per heavy atom. The number of nitrogens with one attached hydrogen (secondary N) is 1. The van der Waals surface area contributed by atoms with E-state index in [1.165, 1.54) is 20.6 Å². The maximum atomic E-state index is 12.7. The third-order valence-corrected chi connectivity index (χ3v) is 6.78. The summed E-state index contributed by atoms with van der Waals surface area (Å²) in [7, 11) is -3.61. The minimum absolute atomic E-state index is 0.208. The molecule has 3 aromatic rings. The van der Waals surface area contributed by atoms with Crippen LogP contribution in [0.2, 0.25) is 0 Å². The van der Waals surface area contributed by atoms with Gasteiger partial charge in [-0.1, -0.05) is 67.1 Å². The van der Waals surface area contributed by atoms with Crippen molar-refractivity contribution in [3.05, 3.63) is 76.9 Å². The fourth-order valence-corrected chi connectivity index (χ4v) is 5.29. The van der Waals surface area contributed by atoms with E-state index in [2.05, 4.69) is 42.6 Å². The second-order valence-electron chi connectivity index (χ2n) is 8.77. The highest BCUT2D eigenvalue weighted by Crippen LogP contribution is 2.28. The van der Waals surface area contributed by atoms with Gasteiger partial charge in [-0.25, -0.2) is 8.42 Å². The quantitative estimate of drug-likeness (QED) is 0.546. The molecule has 5 nitrogen and oxygen atoms in total. The van der Waals surface area contributed by atoms with Crippen molar-refractivity contribution in [1.29, 1.82) is 0 Å². The molecule has 1 atom stereocenters. The molecule has 0 fully saturated rings. The highest BCUT2D eigenvalue weighted by Gasteiger charge is 2.24. The van der Waals surface area contributed by atoms with Crippen molar-refractivity contribution in [2.24, 2.45) is 5.92 Å². The van der Waals surface area contributed by atoms with Gasteiger partial charge in [0.25, 0.3) is 0 Å². The molecule has 1 unspecified atom stereocenters. The van der Waals surface area contributed by atoms with Crippen LogP contribution in [-0.4, -0.2) is 33.7 Å². The molecule has 0 aromatic heterocycles. The minimum atomic E-state index is -3.61. The first kappa shape index (κ1) is 23.8. The second kappa shape index (κ2) is 9.74. The molecule has 0 saturated carbocycles. The average Bonchev–Trinajstić information content (AvgIpc) is 2.70. The number of benzene rings is 3. The number of sulfonamides is 1. The lowest BCUT2D eigenvalue weighted by Crippen LogP contribution is -2.42. The summed E-state index contributed by atoms with van der Waals surface area (Å²) in [6, 6.07) is 18.4. The molecule has 6 heteroatoms. The lowest BCUT2D eigenvalue weighted by Gasteiger charge is -2.26. The Labute approximate surface area is 191 Å². The fourth-order valence-electron chi connectivity index (χ4n) is 4.32. The van der Waals surface area contributed by atoms with Crippen molar-refractivity contribution in [2.75, 3.05) is 23.7 Å². The summed E-state index contributed by atoms with van der Waals surface area (Å²) in [5.74, 6) is -0.0983. The van der Waals surface area contributed by atoms with Crippen LogP contribution in [0, 0.1) is 26.7 Å². The zero-order valence-electron chi connectivity index (χ0n) is 19.5. The van der Waals surface area contributed by atoms with Crippen molar-refractivity contribution in [2.45, 2.75) is 34.1 Å². The number of hydrogen-bond donors (Lipinski definition) is 1. The van der Waals surface area contributed by atoms with Crippen LogP contribution in [0.4, 0.5) is 5.69 Å². The van der Waals surface area contributed by atoms with Crippen molar-refractivity contribution in [1.82, 2.24) is 5.32 Å². The van der Waals surface area contributed by atoms with Crippen LogP contribution in [0.5, 0.6) is 0 Å². The second-order valence-corrected chi connectivity index (χ2v) is 10.7. The number of fused-ring (bicyclic) bond motifs is 1. The summed E-state index contributed by atoms with van der Waals surface area (Å²) in [5.41, 5.74) is 4.56. The van der Waals surface area contributed by atoms with Gasteiger partial charge in [-0.15, -0.1) is 0 Å². The minimum Gasteiger partial charge on any atom is -0.354 e. The standard InChI is InChI=1S/C26H32N2O3S/c1-18-13-20(3)26(21(4)14-18)28(32(5,30)31)17-25(29)27-16-19(2)15-23-11-8-10-22-9-6-7-12-24(22)23/h6-14,19H,15-17H2,1-5H3,(H,27,29). The van der Waals surface area contributed by atoms with Crippen LogP contribution in [0.3, 0.4) is 0 Å². The van der Waals surface area contributed by atoms with E-state index < -0.39 is 10.0 Å². The van der Waals surface area contributed by atoms with E-state index in [4.69, 9.17) is 0 Å². The predicted octanol–water partition coefficient (Wildman–Crippen LogP) is 4.53. The third-order valence-electron chi connectivity index (χ3n) is 5.67. The van der Waals surface area contributed by atoms with E-state index in [1.807, 2.05) is 45.0 Å². The van der Waals surface area contributed by atoms with E-state index in [9.17, 15) is 13.2 Å². The zero-order chi connectivity index (χ0) is 23.5. The van der Waals surface area contributed by atoms with Crippen LogP contribution in [0.1, 0.15) is 29.2 Å². The average molecular weight is 453 g/mol. The van der Waals surface area contributed by atoms with Crippen LogP contribution in [0.15, 0.2) is 54.6 Å². The van der Waals surface area contributed by atoms with Gasteiger partial charge in [-0.2, -0.15) is 0 Å². The number of amides is 1. The zero-order valence-corrected chi connectivity index (χ0v) is 20.3. The highest BCUT2D eigenvalue weighted by molar-refractivity contribution is 7.92. The first-order valence-corrected chi connectivity index (χ1v) is 12.7. The molecule has 0 aliphatic carbocycles. The third kappa shape index (κ3) is 5.68. The SMILES string of the molecule is Cc1cc(C)c(N(CC(=O)NCC(C)Cc2cccc3ccccc23)S(C)(=O)=O)c(C)c1. The van der Waals surface area contributed by atoms with Crippen molar-refractivity contribution >= 4 is 32.4 Å². The summed E-state index contributed by atoms with van der Waals surface area (Å²) in [6.45, 7) is 8.05. The van der Waals surface area contributed by atoms with E-state index in [0.29, 0.717) is 12.2 Å². The molecule has 0 bridgehead atoms. The Morgan fingerprint density at radius 3 is 2.28 bits per heavy atom. The number of rotatable bonds is 8. The highest BCUT2D eigenvalue weighted by atomic mass is 32.2.